The first-order valence-corrected chi connectivity index (χ1v) is 11.7. The number of hydrogen-bond acceptors (Lipinski definition) is 5. The Bertz CT molecular complexity index is 1020. The minimum Gasteiger partial charge on any atom is -0.480 e. The van der Waals surface area contributed by atoms with Gasteiger partial charge >= 0.3 is 12.1 Å². The zero-order valence-electron chi connectivity index (χ0n) is 19.2. The number of amides is 2. The van der Waals surface area contributed by atoms with E-state index in [4.69, 9.17) is 9.47 Å². The number of carbonyl (C=O) groups is 3. The second-order valence-electron chi connectivity index (χ2n) is 8.89. The summed E-state index contributed by atoms with van der Waals surface area (Å²) < 4.78 is 11.1. The van der Waals surface area contributed by atoms with Gasteiger partial charge in [-0.05, 0) is 41.5 Å². The highest BCUT2D eigenvalue weighted by Gasteiger charge is 2.38. The van der Waals surface area contributed by atoms with Gasteiger partial charge in [-0.25, -0.2) is 9.59 Å². The van der Waals surface area contributed by atoms with Crippen molar-refractivity contribution in [3.63, 3.8) is 0 Å². The number of carboxylic acids is 1. The van der Waals surface area contributed by atoms with E-state index < -0.39 is 29.6 Å². The summed E-state index contributed by atoms with van der Waals surface area (Å²) in [6, 6.07) is 15.3. The number of carboxylic acid groups (broad SMARTS) is 1. The molecule has 0 saturated carbocycles. The molecule has 8 nitrogen and oxygen atoms in total. The highest BCUT2D eigenvalue weighted by Crippen LogP contribution is 2.44. The van der Waals surface area contributed by atoms with Crippen molar-refractivity contribution in [2.45, 2.75) is 50.1 Å². The molecule has 1 unspecified atom stereocenters. The molecule has 1 atom stereocenters. The molecule has 4 rings (SSSR count). The van der Waals surface area contributed by atoms with Crippen LogP contribution in [0.15, 0.2) is 48.5 Å². The second kappa shape index (κ2) is 10.3. The van der Waals surface area contributed by atoms with Gasteiger partial charge in [-0.15, -0.1) is 0 Å². The molecule has 8 heteroatoms. The zero-order valence-corrected chi connectivity index (χ0v) is 19.2. The van der Waals surface area contributed by atoms with E-state index in [0.29, 0.717) is 26.1 Å². The van der Waals surface area contributed by atoms with E-state index in [-0.39, 0.29) is 25.4 Å². The molecule has 1 fully saturated rings. The molecular weight excluding hydrogens is 436 g/mol. The number of aliphatic carboxylic acids is 1. The lowest BCUT2D eigenvalue weighted by Crippen LogP contribution is -2.55. The molecule has 1 aliphatic heterocycles. The van der Waals surface area contributed by atoms with Crippen LogP contribution in [0, 0.1) is 0 Å². The first-order chi connectivity index (χ1) is 16.4. The second-order valence-corrected chi connectivity index (χ2v) is 8.89. The third-order valence-corrected chi connectivity index (χ3v) is 6.70. The van der Waals surface area contributed by atoms with E-state index in [2.05, 4.69) is 34.9 Å². The molecule has 2 aliphatic rings. The fourth-order valence-electron chi connectivity index (χ4n) is 4.85. The number of ether oxygens (including phenoxy) is 2. The fourth-order valence-corrected chi connectivity index (χ4v) is 4.85. The van der Waals surface area contributed by atoms with Crippen molar-refractivity contribution in [2.75, 3.05) is 19.8 Å². The SMILES string of the molecule is CCC(NC(=O)CC1(NC(=O)OCC2c3ccccc3-c3ccccc32)CCOCC1)C(=O)O. The van der Waals surface area contributed by atoms with Crippen LogP contribution in [-0.2, 0) is 19.1 Å². The number of fused-ring (bicyclic) bond motifs is 3. The minimum atomic E-state index is -1.08. The molecule has 1 heterocycles. The molecule has 180 valence electrons. The summed E-state index contributed by atoms with van der Waals surface area (Å²) >= 11 is 0. The normalized spacial score (nSPS) is 17.2. The Morgan fingerprint density at radius 3 is 2.21 bits per heavy atom. The van der Waals surface area contributed by atoms with Crippen LogP contribution in [0.3, 0.4) is 0 Å². The van der Waals surface area contributed by atoms with Crippen molar-refractivity contribution in [3.8, 4) is 11.1 Å². The molecule has 1 aliphatic carbocycles. The van der Waals surface area contributed by atoms with E-state index in [1.807, 2.05) is 24.3 Å². The van der Waals surface area contributed by atoms with Crippen LogP contribution in [0.4, 0.5) is 4.79 Å². The first kappa shape index (κ1) is 23.8. The van der Waals surface area contributed by atoms with Crippen molar-refractivity contribution in [3.05, 3.63) is 59.7 Å². The molecule has 2 aromatic carbocycles. The van der Waals surface area contributed by atoms with Gasteiger partial charge in [-0.2, -0.15) is 0 Å². The summed E-state index contributed by atoms with van der Waals surface area (Å²) in [6.07, 6.45) is 0.520. The number of rotatable bonds is 8. The van der Waals surface area contributed by atoms with E-state index in [1.54, 1.807) is 6.92 Å². The number of nitrogens with one attached hydrogen (secondary N) is 2. The van der Waals surface area contributed by atoms with Gasteiger partial charge in [-0.3, -0.25) is 4.79 Å². The molecule has 0 bridgehead atoms. The van der Waals surface area contributed by atoms with Gasteiger partial charge in [0.1, 0.15) is 12.6 Å². The molecule has 34 heavy (non-hydrogen) atoms. The minimum absolute atomic E-state index is 0.0374. The molecular formula is C26H30N2O6. The van der Waals surface area contributed by atoms with Crippen molar-refractivity contribution < 1.29 is 29.0 Å². The maximum absolute atomic E-state index is 12.9. The quantitative estimate of drug-likeness (QED) is 0.549. The molecule has 0 radical (unpaired) electrons. The highest BCUT2D eigenvalue weighted by atomic mass is 16.5. The van der Waals surface area contributed by atoms with E-state index >= 15 is 0 Å². The predicted molar refractivity (Wildman–Crippen MR) is 125 cm³/mol. The summed E-state index contributed by atoms with van der Waals surface area (Å²) in [4.78, 5) is 36.7. The van der Waals surface area contributed by atoms with E-state index in [0.717, 1.165) is 22.3 Å². The molecule has 2 amide bonds. The van der Waals surface area contributed by atoms with Gasteiger partial charge in [-0.1, -0.05) is 55.5 Å². The van der Waals surface area contributed by atoms with Crippen LogP contribution in [0.5, 0.6) is 0 Å². The van der Waals surface area contributed by atoms with Gasteiger partial charge in [0.2, 0.25) is 5.91 Å². The van der Waals surface area contributed by atoms with Crippen LogP contribution < -0.4 is 10.6 Å². The lowest BCUT2D eigenvalue weighted by Gasteiger charge is -2.37. The summed E-state index contributed by atoms with van der Waals surface area (Å²) in [7, 11) is 0. The van der Waals surface area contributed by atoms with Crippen molar-refractivity contribution in [2.24, 2.45) is 0 Å². The van der Waals surface area contributed by atoms with Crippen LogP contribution >= 0.6 is 0 Å². The molecule has 2 aromatic rings. The van der Waals surface area contributed by atoms with Gasteiger partial charge in [0.05, 0.1) is 12.0 Å². The maximum atomic E-state index is 12.9. The predicted octanol–water partition coefficient (Wildman–Crippen LogP) is 3.44. The van der Waals surface area contributed by atoms with Crippen LogP contribution in [0.1, 0.15) is 49.7 Å². The largest absolute Gasteiger partial charge is 0.480 e. The lowest BCUT2D eigenvalue weighted by atomic mass is 9.86. The van der Waals surface area contributed by atoms with Crippen molar-refractivity contribution in [1.82, 2.24) is 10.6 Å². The zero-order chi connectivity index (χ0) is 24.1. The van der Waals surface area contributed by atoms with Gasteiger partial charge in [0.25, 0.3) is 0 Å². The Morgan fingerprint density at radius 1 is 1.06 bits per heavy atom. The topological polar surface area (TPSA) is 114 Å². The third kappa shape index (κ3) is 5.07. The van der Waals surface area contributed by atoms with Crippen LogP contribution in [0.25, 0.3) is 11.1 Å². The van der Waals surface area contributed by atoms with Crippen LogP contribution in [0.2, 0.25) is 0 Å². The Kier molecular flexibility index (Phi) is 7.17. The highest BCUT2D eigenvalue weighted by molar-refractivity contribution is 5.84. The molecule has 0 aromatic heterocycles. The Hall–Kier alpha value is -3.39. The lowest BCUT2D eigenvalue weighted by molar-refractivity contribution is -0.142. The summed E-state index contributed by atoms with van der Waals surface area (Å²) in [5.41, 5.74) is 3.69. The molecule has 3 N–H and O–H groups in total. The summed E-state index contributed by atoms with van der Waals surface area (Å²) in [5.74, 6) is -1.57. The Balaban J connectivity index is 1.42. The standard InChI is InChI=1S/C26H30N2O6/c1-2-22(24(30)31)27-23(29)15-26(11-13-33-14-12-26)28-25(32)34-16-21-19-9-5-3-7-17(19)18-8-4-6-10-20(18)21/h3-10,21-22H,2,11-16H2,1H3,(H,27,29)(H,28,32)(H,30,31). The van der Waals surface area contributed by atoms with E-state index in [9.17, 15) is 19.5 Å². The van der Waals surface area contributed by atoms with Gasteiger partial charge in [0, 0.05) is 19.1 Å². The smallest absolute Gasteiger partial charge is 0.407 e. The summed E-state index contributed by atoms with van der Waals surface area (Å²) in [6.45, 7) is 2.66. The van der Waals surface area contributed by atoms with Gasteiger partial charge < -0.3 is 25.2 Å². The fraction of sp³-hybridized carbons (Fsp3) is 0.423. The Labute approximate surface area is 198 Å². The van der Waals surface area contributed by atoms with Crippen molar-refractivity contribution in [1.29, 1.82) is 0 Å². The number of hydrogen-bond donors (Lipinski definition) is 3. The first-order valence-electron chi connectivity index (χ1n) is 11.7. The summed E-state index contributed by atoms with van der Waals surface area (Å²) in [5, 5.41) is 14.7. The number of carbonyl (C=O) groups excluding carboxylic acids is 2. The monoisotopic (exact) mass is 466 g/mol. The van der Waals surface area contributed by atoms with Crippen LogP contribution in [-0.4, -0.2) is 54.5 Å². The molecule has 1 saturated heterocycles. The van der Waals surface area contributed by atoms with E-state index in [1.165, 1.54) is 0 Å². The van der Waals surface area contributed by atoms with Gasteiger partial charge in [0.15, 0.2) is 0 Å². The maximum Gasteiger partial charge on any atom is 0.407 e. The number of benzene rings is 2. The average molecular weight is 467 g/mol. The van der Waals surface area contributed by atoms with Crippen molar-refractivity contribution >= 4 is 18.0 Å². The average Bonchev–Trinajstić information content (AvgIpc) is 3.15. The molecule has 0 spiro atoms. The Morgan fingerprint density at radius 2 is 1.65 bits per heavy atom. The number of alkyl carbamates (subject to hydrolysis) is 1. The third-order valence-electron chi connectivity index (χ3n) is 6.70.